The lowest BCUT2D eigenvalue weighted by Gasteiger charge is -2.11. The molecule has 0 saturated heterocycles. The van der Waals surface area contributed by atoms with Gasteiger partial charge in [0.15, 0.2) is 0 Å². The van der Waals surface area contributed by atoms with Gasteiger partial charge in [-0.3, -0.25) is 4.79 Å². The summed E-state index contributed by atoms with van der Waals surface area (Å²) in [5, 5.41) is 19.3. The molecule has 5 N–H and O–H groups in total. The van der Waals surface area contributed by atoms with Gasteiger partial charge >= 0.3 is 12.1 Å². The molecule has 0 aliphatic heterocycles. The molecule has 0 unspecified atom stereocenters. The number of rotatable bonds is 20. The molecule has 0 aliphatic carbocycles. The second-order valence-electron chi connectivity index (χ2n) is 10.7. The van der Waals surface area contributed by atoms with Crippen LogP contribution < -0.4 is 25.3 Å². The summed E-state index contributed by atoms with van der Waals surface area (Å²) in [4.78, 5) is 25.3. The monoisotopic (exact) mass is 635 g/mol. The van der Waals surface area contributed by atoms with E-state index < -0.39 is 12.1 Å². The third-order valence-electron chi connectivity index (χ3n) is 6.84. The third-order valence-corrected chi connectivity index (χ3v) is 6.84. The van der Waals surface area contributed by atoms with Crippen LogP contribution in [-0.2, 0) is 17.8 Å². The number of carboxylic acid groups (broad SMARTS) is 2. The molecule has 250 valence electrons. The molecule has 1 aromatic heterocycles. The van der Waals surface area contributed by atoms with Crippen LogP contribution in [0.1, 0.15) is 81.7 Å². The Morgan fingerprint density at radius 3 is 2.30 bits per heavy atom. The lowest BCUT2D eigenvalue weighted by molar-refractivity contribution is -0.135. The first kappa shape index (κ1) is 37.5. The fourth-order valence-corrected chi connectivity index (χ4v) is 4.34. The van der Waals surface area contributed by atoms with E-state index in [1.807, 2.05) is 43.3 Å². The number of aryl methyl sites for hydroxylation is 1. The summed E-state index contributed by atoms with van der Waals surface area (Å²) >= 11 is 0. The Bertz CT molecular complexity index is 1330. The van der Waals surface area contributed by atoms with Gasteiger partial charge in [0.2, 0.25) is 0 Å². The Hall–Kier alpha value is -4.73. The highest BCUT2D eigenvalue weighted by Gasteiger charge is 2.07. The molecule has 0 radical (unpaired) electrons. The van der Waals surface area contributed by atoms with E-state index in [0.29, 0.717) is 41.7 Å². The Balaban J connectivity index is 0.000000812. The number of anilines is 1. The second kappa shape index (κ2) is 22.7. The number of pyridine rings is 1. The Morgan fingerprint density at radius 1 is 0.891 bits per heavy atom. The van der Waals surface area contributed by atoms with Crippen LogP contribution in [-0.4, -0.2) is 47.5 Å². The number of unbranched alkanes of at least 4 members (excludes halogenated alkanes) is 6. The predicted octanol–water partition coefficient (Wildman–Crippen LogP) is 7.76. The molecule has 0 aliphatic rings. The van der Waals surface area contributed by atoms with Gasteiger partial charge in [0.25, 0.3) is 0 Å². The van der Waals surface area contributed by atoms with Gasteiger partial charge in [0.1, 0.15) is 29.5 Å². The van der Waals surface area contributed by atoms with Gasteiger partial charge in [0.05, 0.1) is 25.8 Å². The summed E-state index contributed by atoms with van der Waals surface area (Å²) in [6.45, 7) is 3.45. The molecule has 0 atom stereocenters. The van der Waals surface area contributed by atoms with Crippen LogP contribution in [0.5, 0.6) is 17.2 Å². The summed E-state index contributed by atoms with van der Waals surface area (Å²) in [7, 11) is 1.69. The molecule has 0 bridgehead atoms. The van der Waals surface area contributed by atoms with E-state index in [1.165, 1.54) is 31.2 Å². The highest BCUT2D eigenvalue weighted by molar-refractivity contribution is 5.70. The van der Waals surface area contributed by atoms with Crippen molar-refractivity contribution in [3.05, 3.63) is 83.7 Å². The predicted molar refractivity (Wildman–Crippen MR) is 182 cm³/mol. The van der Waals surface area contributed by atoms with Crippen molar-refractivity contribution in [2.75, 3.05) is 26.0 Å². The van der Waals surface area contributed by atoms with Crippen molar-refractivity contribution in [1.29, 1.82) is 0 Å². The molecule has 0 fully saturated rings. The van der Waals surface area contributed by atoms with Gasteiger partial charge < -0.3 is 35.5 Å². The molecule has 2 aromatic carbocycles. The second-order valence-corrected chi connectivity index (χ2v) is 10.7. The van der Waals surface area contributed by atoms with Crippen molar-refractivity contribution in [2.45, 2.75) is 77.7 Å². The van der Waals surface area contributed by atoms with Crippen molar-refractivity contribution >= 4 is 23.8 Å². The van der Waals surface area contributed by atoms with E-state index in [0.717, 1.165) is 37.9 Å². The first-order valence-electron chi connectivity index (χ1n) is 15.9. The number of nitrogens with one attached hydrogen (secondary N) is 1. The molecule has 46 heavy (non-hydrogen) atoms. The van der Waals surface area contributed by atoms with E-state index >= 15 is 0 Å². The van der Waals surface area contributed by atoms with Gasteiger partial charge in [0, 0.05) is 18.3 Å². The van der Waals surface area contributed by atoms with Crippen LogP contribution in [0.25, 0.3) is 6.08 Å². The van der Waals surface area contributed by atoms with E-state index in [1.54, 1.807) is 31.4 Å². The van der Waals surface area contributed by atoms with E-state index in [9.17, 15) is 9.59 Å². The van der Waals surface area contributed by atoms with Crippen LogP contribution in [0.3, 0.4) is 0 Å². The van der Waals surface area contributed by atoms with Crippen LogP contribution in [0, 0.1) is 0 Å². The summed E-state index contributed by atoms with van der Waals surface area (Å²) in [6.07, 6.45) is 12.2. The zero-order valence-corrected chi connectivity index (χ0v) is 27.1. The number of aliphatic carboxylic acids is 1. The number of aromatic nitrogens is 1. The number of carbonyl (C=O) groups is 2. The zero-order valence-electron chi connectivity index (χ0n) is 27.1. The van der Waals surface area contributed by atoms with Crippen molar-refractivity contribution < 1.29 is 34.0 Å². The van der Waals surface area contributed by atoms with E-state index in [2.05, 4.69) is 22.4 Å². The molecule has 3 rings (SSSR count). The molecule has 1 heterocycles. The number of carboxylic acids is 1. The Kier molecular flexibility index (Phi) is 18.5. The van der Waals surface area contributed by atoms with Crippen molar-refractivity contribution in [2.24, 2.45) is 0 Å². The number of methoxy groups -OCH3 is 1. The van der Waals surface area contributed by atoms with Crippen molar-refractivity contribution in [1.82, 2.24) is 10.3 Å². The van der Waals surface area contributed by atoms with Gasteiger partial charge in [-0.25, -0.2) is 9.78 Å². The highest BCUT2D eigenvalue weighted by Crippen LogP contribution is 2.22. The number of hydrogen-bond donors (Lipinski definition) is 4. The first-order chi connectivity index (χ1) is 22.3. The fourth-order valence-electron chi connectivity index (χ4n) is 4.34. The summed E-state index contributed by atoms with van der Waals surface area (Å²) in [5.41, 5.74) is 9.09. The average Bonchev–Trinajstić information content (AvgIpc) is 3.04. The molecular formula is C36H49N3O7. The number of benzene rings is 2. The minimum Gasteiger partial charge on any atom is -0.497 e. The minimum atomic E-state index is -0.932. The maximum absolute atomic E-state index is 10.9. The van der Waals surface area contributed by atoms with Gasteiger partial charge in [-0.1, -0.05) is 63.3 Å². The van der Waals surface area contributed by atoms with Crippen molar-refractivity contribution in [3.8, 4) is 17.2 Å². The molecule has 3 aromatic rings. The third kappa shape index (κ3) is 16.9. The maximum Gasteiger partial charge on any atom is 0.404 e. The molecule has 1 amide bonds. The van der Waals surface area contributed by atoms with Gasteiger partial charge in [-0.05, 0) is 73.7 Å². The lowest BCUT2D eigenvalue weighted by Crippen LogP contribution is -2.21. The SMILES string of the molecule is CCCCNC(=O)O.COc1ccc(CCCCCCCCOc2ccc(COc3cccc(N)c3)nc2C=CCC(=O)O)cc1. The lowest BCUT2D eigenvalue weighted by atomic mass is 10.0. The largest absolute Gasteiger partial charge is 0.497 e. The fraction of sp³-hybridized carbons (Fsp3) is 0.417. The molecule has 10 heteroatoms. The molecular weight excluding hydrogens is 586 g/mol. The Morgan fingerprint density at radius 2 is 1.63 bits per heavy atom. The number of nitrogens with zero attached hydrogens (tertiary/aromatic N) is 1. The summed E-state index contributed by atoms with van der Waals surface area (Å²) < 4.78 is 17.0. The smallest absolute Gasteiger partial charge is 0.404 e. The zero-order chi connectivity index (χ0) is 33.4. The summed E-state index contributed by atoms with van der Waals surface area (Å²) in [5.74, 6) is 1.30. The van der Waals surface area contributed by atoms with E-state index in [4.69, 9.17) is 30.2 Å². The number of amides is 1. The van der Waals surface area contributed by atoms with Gasteiger partial charge in [-0.2, -0.15) is 0 Å². The van der Waals surface area contributed by atoms with Crippen LogP contribution in [0.15, 0.2) is 66.7 Å². The highest BCUT2D eigenvalue weighted by atomic mass is 16.5. The topological polar surface area (TPSA) is 153 Å². The number of ether oxygens (including phenoxy) is 3. The van der Waals surface area contributed by atoms with Crippen LogP contribution in [0.2, 0.25) is 0 Å². The summed E-state index contributed by atoms with van der Waals surface area (Å²) in [6, 6.07) is 19.2. The quantitative estimate of drug-likeness (QED) is 0.0720. The van der Waals surface area contributed by atoms with Crippen LogP contribution >= 0.6 is 0 Å². The molecule has 10 nitrogen and oxygen atoms in total. The molecule has 0 saturated carbocycles. The number of hydrogen-bond acceptors (Lipinski definition) is 7. The number of nitrogens with two attached hydrogens (primary N) is 1. The average molecular weight is 636 g/mol. The minimum absolute atomic E-state index is 0.0798. The maximum atomic E-state index is 10.9. The Labute approximate surface area is 272 Å². The number of nitrogen functional groups attached to an aromatic ring is 1. The standard InChI is InChI=1S/C31H38N2O5.C5H11NO2/c1-36-27-18-15-24(16-19-27)10-6-4-2-3-5-7-21-37-30-20-17-26(33-29(30)13-9-14-31(34)35)23-38-28-12-8-11-25(32)22-28;1-2-3-4-6-5(7)8/h8-9,11-13,15-20,22H,2-7,10,14,21,23,32H2,1H3,(H,34,35);6H,2-4H2,1H3,(H,7,8). The molecule has 0 spiro atoms. The van der Waals surface area contributed by atoms with Crippen molar-refractivity contribution in [3.63, 3.8) is 0 Å². The van der Waals surface area contributed by atoms with Crippen LogP contribution in [0.4, 0.5) is 10.5 Å². The van der Waals surface area contributed by atoms with Gasteiger partial charge in [-0.15, -0.1) is 0 Å². The van der Waals surface area contributed by atoms with E-state index in [-0.39, 0.29) is 13.0 Å². The first-order valence-corrected chi connectivity index (χ1v) is 15.9. The normalized spacial score (nSPS) is 10.6.